The first kappa shape index (κ1) is 14.2. The third kappa shape index (κ3) is 3.11. The lowest BCUT2D eigenvalue weighted by Gasteiger charge is -2.24. The highest BCUT2D eigenvalue weighted by atomic mass is 15.1. The number of fused-ring (bicyclic) bond motifs is 1. The minimum atomic E-state index is 0.608. The maximum absolute atomic E-state index is 5.67. The van der Waals surface area contributed by atoms with E-state index in [1.807, 2.05) is 0 Å². The summed E-state index contributed by atoms with van der Waals surface area (Å²) in [6, 6.07) is 15.6. The molecule has 0 unspecified atom stereocenters. The molecule has 0 fully saturated rings. The van der Waals surface area contributed by atoms with Crippen LogP contribution in [0.1, 0.15) is 35.6 Å². The Bertz CT molecular complexity index is 601. The van der Waals surface area contributed by atoms with Crippen LogP contribution in [-0.2, 0) is 25.9 Å². The van der Waals surface area contributed by atoms with Gasteiger partial charge in [0.25, 0.3) is 0 Å². The summed E-state index contributed by atoms with van der Waals surface area (Å²) in [7, 11) is 0. The molecule has 2 aromatic carbocycles. The molecule has 3 rings (SSSR count). The molecule has 2 aromatic rings. The van der Waals surface area contributed by atoms with Crippen molar-refractivity contribution >= 4 is 5.69 Å². The van der Waals surface area contributed by atoms with Gasteiger partial charge in [-0.3, -0.25) is 0 Å². The molecular formula is C19H24N2. The van der Waals surface area contributed by atoms with Crippen LogP contribution < -0.4 is 10.6 Å². The van der Waals surface area contributed by atoms with Crippen LogP contribution in [0.2, 0.25) is 0 Å². The van der Waals surface area contributed by atoms with E-state index < -0.39 is 0 Å². The van der Waals surface area contributed by atoms with Gasteiger partial charge in [-0.2, -0.15) is 0 Å². The van der Waals surface area contributed by atoms with Crippen molar-refractivity contribution in [2.75, 3.05) is 11.4 Å². The van der Waals surface area contributed by atoms with E-state index in [-0.39, 0.29) is 0 Å². The molecule has 0 aromatic heterocycles. The zero-order chi connectivity index (χ0) is 14.7. The van der Waals surface area contributed by atoms with Gasteiger partial charge in [0.2, 0.25) is 0 Å². The van der Waals surface area contributed by atoms with E-state index in [9.17, 15) is 0 Å². The Morgan fingerprint density at radius 2 is 1.67 bits per heavy atom. The number of nitrogens with zero attached hydrogens (tertiary/aromatic N) is 1. The number of hydrogen-bond acceptors (Lipinski definition) is 2. The molecule has 0 aliphatic heterocycles. The van der Waals surface area contributed by atoms with Crippen molar-refractivity contribution < 1.29 is 0 Å². The lowest BCUT2D eigenvalue weighted by atomic mass is 10.1. The Morgan fingerprint density at radius 1 is 0.952 bits per heavy atom. The molecule has 0 radical (unpaired) electrons. The second-order valence-electron chi connectivity index (χ2n) is 5.84. The second kappa shape index (κ2) is 6.31. The summed E-state index contributed by atoms with van der Waals surface area (Å²) in [6.07, 6.45) is 3.82. The van der Waals surface area contributed by atoms with Crippen LogP contribution in [0.15, 0.2) is 42.5 Å². The van der Waals surface area contributed by atoms with E-state index >= 15 is 0 Å². The quantitative estimate of drug-likeness (QED) is 0.905. The number of anilines is 1. The number of nitrogens with two attached hydrogens (primary N) is 1. The molecule has 0 heterocycles. The fourth-order valence-corrected chi connectivity index (χ4v) is 3.17. The van der Waals surface area contributed by atoms with Gasteiger partial charge in [-0.25, -0.2) is 0 Å². The smallest absolute Gasteiger partial charge is 0.0429 e. The number of aryl methyl sites for hydroxylation is 2. The normalized spacial score (nSPS) is 13.2. The highest BCUT2D eigenvalue weighted by Gasteiger charge is 2.12. The first-order valence-corrected chi connectivity index (χ1v) is 7.95. The van der Waals surface area contributed by atoms with Crippen LogP contribution >= 0.6 is 0 Å². The summed E-state index contributed by atoms with van der Waals surface area (Å²) in [5.41, 5.74) is 12.7. The Balaban J connectivity index is 1.77. The molecule has 2 heteroatoms. The van der Waals surface area contributed by atoms with Gasteiger partial charge in [0.05, 0.1) is 0 Å². The molecule has 0 saturated heterocycles. The van der Waals surface area contributed by atoms with Crippen LogP contribution in [0.4, 0.5) is 5.69 Å². The Kier molecular flexibility index (Phi) is 4.26. The minimum Gasteiger partial charge on any atom is -0.367 e. The van der Waals surface area contributed by atoms with Gasteiger partial charge in [-0.05, 0) is 60.6 Å². The lowest BCUT2D eigenvalue weighted by molar-refractivity contribution is 0.829. The first-order chi connectivity index (χ1) is 10.3. The van der Waals surface area contributed by atoms with Gasteiger partial charge in [0, 0.05) is 25.3 Å². The molecule has 2 N–H and O–H groups in total. The number of rotatable bonds is 5. The summed E-state index contributed by atoms with van der Waals surface area (Å²) in [4.78, 5) is 2.41. The predicted octanol–water partition coefficient (Wildman–Crippen LogP) is 3.66. The predicted molar refractivity (Wildman–Crippen MR) is 89.5 cm³/mol. The fourth-order valence-electron chi connectivity index (χ4n) is 3.17. The molecule has 21 heavy (non-hydrogen) atoms. The highest BCUT2D eigenvalue weighted by Crippen LogP contribution is 2.24. The topological polar surface area (TPSA) is 29.3 Å². The largest absolute Gasteiger partial charge is 0.367 e. The van der Waals surface area contributed by atoms with Crippen LogP contribution in [0, 0.1) is 0 Å². The Labute approximate surface area is 127 Å². The van der Waals surface area contributed by atoms with Crippen molar-refractivity contribution in [2.45, 2.75) is 39.3 Å². The van der Waals surface area contributed by atoms with Crippen LogP contribution in [-0.4, -0.2) is 6.54 Å². The van der Waals surface area contributed by atoms with Gasteiger partial charge in [0.15, 0.2) is 0 Å². The van der Waals surface area contributed by atoms with E-state index in [1.165, 1.54) is 36.1 Å². The molecule has 2 nitrogen and oxygen atoms in total. The SMILES string of the molecule is CCN(Cc1ccc2c(c1)CCC2)c1ccc(CN)cc1. The van der Waals surface area contributed by atoms with Crippen LogP contribution in [0.5, 0.6) is 0 Å². The summed E-state index contributed by atoms with van der Waals surface area (Å²) in [6.45, 7) is 4.81. The third-order valence-corrected chi connectivity index (χ3v) is 4.46. The van der Waals surface area contributed by atoms with Gasteiger partial charge >= 0.3 is 0 Å². The molecule has 1 aliphatic rings. The lowest BCUT2D eigenvalue weighted by Crippen LogP contribution is -2.22. The van der Waals surface area contributed by atoms with Crippen molar-refractivity contribution in [1.82, 2.24) is 0 Å². The monoisotopic (exact) mass is 280 g/mol. The summed E-state index contributed by atoms with van der Waals surface area (Å²) in [5, 5.41) is 0. The standard InChI is InChI=1S/C19H24N2/c1-2-21(19-10-7-15(13-20)8-11-19)14-16-6-9-17-4-3-5-18(17)12-16/h6-12H,2-5,13-14,20H2,1H3. The zero-order valence-corrected chi connectivity index (χ0v) is 12.8. The average Bonchev–Trinajstić information content (AvgIpc) is 3.00. The van der Waals surface area contributed by atoms with Crippen molar-refractivity contribution in [3.63, 3.8) is 0 Å². The highest BCUT2D eigenvalue weighted by molar-refractivity contribution is 5.48. The molecule has 0 atom stereocenters. The first-order valence-electron chi connectivity index (χ1n) is 7.95. The maximum atomic E-state index is 5.67. The second-order valence-corrected chi connectivity index (χ2v) is 5.84. The number of hydrogen-bond donors (Lipinski definition) is 1. The van der Waals surface area contributed by atoms with Crippen molar-refractivity contribution in [2.24, 2.45) is 5.73 Å². The van der Waals surface area contributed by atoms with Crippen molar-refractivity contribution in [3.8, 4) is 0 Å². The summed E-state index contributed by atoms with van der Waals surface area (Å²) < 4.78 is 0. The average molecular weight is 280 g/mol. The Hall–Kier alpha value is -1.80. The third-order valence-electron chi connectivity index (χ3n) is 4.46. The van der Waals surface area contributed by atoms with Crippen molar-refractivity contribution in [1.29, 1.82) is 0 Å². The van der Waals surface area contributed by atoms with E-state index in [1.54, 1.807) is 11.1 Å². The molecular weight excluding hydrogens is 256 g/mol. The van der Waals surface area contributed by atoms with Gasteiger partial charge in [-0.15, -0.1) is 0 Å². The van der Waals surface area contributed by atoms with Crippen LogP contribution in [0.25, 0.3) is 0 Å². The van der Waals surface area contributed by atoms with Crippen LogP contribution in [0.3, 0.4) is 0 Å². The van der Waals surface area contributed by atoms with E-state index in [2.05, 4.69) is 54.3 Å². The van der Waals surface area contributed by atoms with Gasteiger partial charge < -0.3 is 10.6 Å². The van der Waals surface area contributed by atoms with Gasteiger partial charge in [-0.1, -0.05) is 30.3 Å². The molecule has 0 bridgehead atoms. The van der Waals surface area contributed by atoms with Crippen molar-refractivity contribution in [3.05, 3.63) is 64.7 Å². The summed E-state index contributed by atoms with van der Waals surface area (Å²) in [5.74, 6) is 0. The number of benzene rings is 2. The van der Waals surface area contributed by atoms with Gasteiger partial charge in [0.1, 0.15) is 0 Å². The Morgan fingerprint density at radius 3 is 2.38 bits per heavy atom. The molecule has 0 amide bonds. The minimum absolute atomic E-state index is 0.608. The summed E-state index contributed by atoms with van der Waals surface area (Å²) >= 11 is 0. The van der Waals surface area contributed by atoms with E-state index in [4.69, 9.17) is 5.73 Å². The zero-order valence-electron chi connectivity index (χ0n) is 12.8. The van der Waals surface area contributed by atoms with E-state index in [0.29, 0.717) is 6.54 Å². The molecule has 110 valence electrons. The molecule has 0 spiro atoms. The molecule has 0 saturated carbocycles. The maximum Gasteiger partial charge on any atom is 0.0429 e. The molecule has 1 aliphatic carbocycles. The fraction of sp³-hybridized carbons (Fsp3) is 0.368. The van der Waals surface area contributed by atoms with E-state index in [0.717, 1.165) is 13.1 Å².